The van der Waals surface area contributed by atoms with Gasteiger partial charge in [0.2, 0.25) is 0 Å². The van der Waals surface area contributed by atoms with Crippen molar-refractivity contribution in [2.24, 2.45) is 11.8 Å². The minimum atomic E-state index is 0. The monoisotopic (exact) mass is 210 g/mol. The van der Waals surface area contributed by atoms with E-state index in [4.69, 9.17) is 0 Å². The molecule has 0 aromatic carbocycles. The SMILES string of the molecule is C.CCC(C)C(C)CC.[Ar].[Ar]. The molecule has 0 rings (SSSR count). The Labute approximate surface area is 133 Å². The molecule has 11 heavy (non-hydrogen) atoms. The molecule has 0 nitrogen and oxygen atoms in total. The van der Waals surface area contributed by atoms with Gasteiger partial charge in [-0.15, -0.1) is 0 Å². The second kappa shape index (κ2) is 15.0. The zero-order chi connectivity index (χ0) is 6.57. The second-order valence-electron chi connectivity index (χ2n) is 2.77. The molecule has 0 saturated heterocycles. The molecule has 0 aromatic rings. The molecule has 0 amide bonds. The fourth-order valence-corrected chi connectivity index (χ4v) is 0.805. The van der Waals surface area contributed by atoms with Crippen molar-refractivity contribution < 1.29 is 75.5 Å². The summed E-state index contributed by atoms with van der Waals surface area (Å²) in [6.45, 7) is 9.18. The van der Waals surface area contributed by atoms with E-state index in [-0.39, 0.29) is 82.9 Å². The van der Waals surface area contributed by atoms with E-state index in [2.05, 4.69) is 27.7 Å². The Bertz CT molecular complexity index is 47.5. The van der Waals surface area contributed by atoms with E-state index >= 15 is 0 Å². The van der Waals surface area contributed by atoms with Gasteiger partial charge in [-0.05, 0) is 11.8 Å². The molecule has 0 aliphatic carbocycles. The topological polar surface area (TPSA) is 0 Å². The van der Waals surface area contributed by atoms with Crippen LogP contribution in [-0.4, -0.2) is 0 Å². The molecule has 0 spiro atoms. The van der Waals surface area contributed by atoms with Crippen LogP contribution in [0.1, 0.15) is 48.0 Å². The van der Waals surface area contributed by atoms with E-state index in [1.807, 2.05) is 0 Å². The predicted molar refractivity (Wildman–Crippen MR) is 45.6 cm³/mol. The van der Waals surface area contributed by atoms with Gasteiger partial charge in [-0.25, -0.2) is 0 Å². The maximum Gasteiger partial charge on any atom is 0 e. The number of rotatable bonds is 3. The minimum absolute atomic E-state index is 0. The van der Waals surface area contributed by atoms with Gasteiger partial charge in [0.1, 0.15) is 0 Å². The third kappa shape index (κ3) is 12.5. The Kier molecular flexibility index (Phi) is 31.9. The van der Waals surface area contributed by atoms with Crippen LogP contribution >= 0.6 is 0 Å². The normalized spacial score (nSPS) is 13.1. The second-order valence-corrected chi connectivity index (χ2v) is 2.77. The van der Waals surface area contributed by atoms with Gasteiger partial charge in [-0.1, -0.05) is 48.0 Å². The summed E-state index contributed by atoms with van der Waals surface area (Å²) >= 11 is 0. The standard InChI is InChI=1S/C8H18.CH4.2Ar/c1-5-7(3)8(4)6-2;;;/h7-8H,5-6H2,1-4H3;1H4;;. The molecular formula is C9H22Ar2. The molecule has 74 valence electrons. The van der Waals surface area contributed by atoms with Crippen LogP contribution in [0, 0.1) is 87.3 Å². The third-order valence-electron chi connectivity index (χ3n) is 2.26. The van der Waals surface area contributed by atoms with Gasteiger partial charge in [0.25, 0.3) is 0 Å². The molecule has 0 aromatic heterocycles. The van der Waals surface area contributed by atoms with Crippen molar-refractivity contribution in [1.29, 1.82) is 0 Å². The first-order valence-electron chi connectivity index (χ1n) is 3.72. The Morgan fingerprint density at radius 3 is 1.09 bits per heavy atom. The van der Waals surface area contributed by atoms with E-state index in [1.165, 1.54) is 12.8 Å². The molecule has 2 heteroatoms. The van der Waals surface area contributed by atoms with Gasteiger partial charge in [0.15, 0.2) is 0 Å². The van der Waals surface area contributed by atoms with Crippen LogP contribution in [0.5, 0.6) is 0 Å². The van der Waals surface area contributed by atoms with Crippen molar-refractivity contribution in [2.75, 3.05) is 0 Å². The summed E-state index contributed by atoms with van der Waals surface area (Å²) in [6, 6.07) is 0. The predicted octanol–water partition coefficient (Wildman–Crippen LogP) is 3.71. The summed E-state index contributed by atoms with van der Waals surface area (Å²) in [4.78, 5) is 0. The molecule has 0 bridgehead atoms. The average Bonchev–Trinajstić information content (AvgIpc) is 1.84. The van der Waals surface area contributed by atoms with E-state index in [0.717, 1.165) is 11.8 Å². The molecule has 2 atom stereocenters. The first-order chi connectivity index (χ1) is 3.72. The van der Waals surface area contributed by atoms with Gasteiger partial charge >= 0.3 is 0 Å². The maximum absolute atomic E-state index is 2.33. The van der Waals surface area contributed by atoms with Crippen LogP contribution in [0.4, 0.5) is 0 Å². The fraction of sp³-hybridized carbons (Fsp3) is 1.00. The van der Waals surface area contributed by atoms with Crippen molar-refractivity contribution in [2.45, 2.75) is 48.0 Å². The Balaban J connectivity index is -0.0000000817. The van der Waals surface area contributed by atoms with Crippen molar-refractivity contribution >= 4 is 0 Å². The molecule has 0 aliphatic rings. The van der Waals surface area contributed by atoms with Gasteiger partial charge in [-0.3, -0.25) is 0 Å². The maximum atomic E-state index is 2.33. The van der Waals surface area contributed by atoms with Gasteiger partial charge in [0.05, 0.1) is 0 Å². The molecule has 0 radical (unpaired) electrons. The van der Waals surface area contributed by atoms with Crippen LogP contribution < -0.4 is 0 Å². The zero-order valence-electron chi connectivity index (χ0n) is 7.28. The first kappa shape index (κ1) is 23.4. The quantitative estimate of drug-likeness (QED) is 0.666. The van der Waals surface area contributed by atoms with E-state index < -0.39 is 0 Å². The zero-order valence-corrected chi connectivity index (χ0v) is 8.69. The summed E-state index contributed by atoms with van der Waals surface area (Å²) < 4.78 is 0. The molecule has 0 heterocycles. The molecule has 0 aliphatic heterocycles. The average molecular weight is 210 g/mol. The minimum Gasteiger partial charge on any atom is -0.0776 e. The largest absolute Gasteiger partial charge is 0.0776 e. The molecule has 0 N–H and O–H groups in total. The van der Waals surface area contributed by atoms with Crippen LogP contribution in [-0.2, 0) is 0 Å². The molecular weight excluding hydrogens is 188 g/mol. The van der Waals surface area contributed by atoms with Crippen molar-refractivity contribution in [3.63, 3.8) is 0 Å². The number of hydrogen-bond donors (Lipinski definition) is 0. The van der Waals surface area contributed by atoms with E-state index in [1.54, 1.807) is 0 Å². The third-order valence-corrected chi connectivity index (χ3v) is 2.26. The summed E-state index contributed by atoms with van der Waals surface area (Å²) in [6.07, 6.45) is 2.66. The summed E-state index contributed by atoms with van der Waals surface area (Å²) in [5.41, 5.74) is 0. The van der Waals surface area contributed by atoms with Crippen LogP contribution in [0.2, 0.25) is 0 Å². The summed E-state index contributed by atoms with van der Waals surface area (Å²) in [5, 5.41) is 0. The van der Waals surface area contributed by atoms with Crippen LogP contribution in [0.25, 0.3) is 0 Å². The molecule has 0 fully saturated rings. The van der Waals surface area contributed by atoms with Gasteiger partial charge in [-0.2, -0.15) is 0 Å². The number of hydrogen-bond acceptors (Lipinski definition) is 0. The van der Waals surface area contributed by atoms with Crippen molar-refractivity contribution in [3.05, 3.63) is 0 Å². The fourth-order valence-electron chi connectivity index (χ4n) is 0.805. The van der Waals surface area contributed by atoms with Crippen molar-refractivity contribution in [1.82, 2.24) is 0 Å². The van der Waals surface area contributed by atoms with Crippen LogP contribution in [0.3, 0.4) is 0 Å². The van der Waals surface area contributed by atoms with Gasteiger partial charge in [0, 0.05) is 75.5 Å². The van der Waals surface area contributed by atoms with Crippen molar-refractivity contribution in [3.8, 4) is 0 Å². The van der Waals surface area contributed by atoms with E-state index in [9.17, 15) is 0 Å². The molecule has 2 unspecified atom stereocenters. The Morgan fingerprint density at radius 2 is 1.00 bits per heavy atom. The Hall–Kier alpha value is 2.52. The molecule has 0 saturated carbocycles. The smallest absolute Gasteiger partial charge is 0 e. The van der Waals surface area contributed by atoms with Crippen LogP contribution in [0.15, 0.2) is 0 Å². The Morgan fingerprint density at radius 1 is 0.818 bits per heavy atom. The summed E-state index contributed by atoms with van der Waals surface area (Å²) in [7, 11) is 0. The summed E-state index contributed by atoms with van der Waals surface area (Å²) in [5.74, 6) is 1.83. The van der Waals surface area contributed by atoms with E-state index in [0.29, 0.717) is 0 Å². The van der Waals surface area contributed by atoms with Gasteiger partial charge < -0.3 is 0 Å². The first-order valence-corrected chi connectivity index (χ1v) is 3.72.